The predicted octanol–water partition coefficient (Wildman–Crippen LogP) is 0.734. The summed E-state index contributed by atoms with van der Waals surface area (Å²) >= 11 is 1.99. The van der Waals surface area contributed by atoms with E-state index in [4.69, 9.17) is 5.84 Å². The molecular weight excluding hydrogens is 132 g/mol. The van der Waals surface area contributed by atoms with Gasteiger partial charge in [0.05, 0.1) is 0 Å². The third-order valence-corrected chi connectivity index (χ3v) is 3.39. The van der Waals surface area contributed by atoms with E-state index in [-0.39, 0.29) is 0 Å². The van der Waals surface area contributed by atoms with E-state index in [0.29, 0.717) is 10.8 Å². The highest BCUT2D eigenvalue weighted by molar-refractivity contribution is 8.00. The maximum absolute atomic E-state index is 5.35. The molecule has 0 aromatic heterocycles. The van der Waals surface area contributed by atoms with Crippen molar-refractivity contribution in [1.29, 1.82) is 0 Å². The van der Waals surface area contributed by atoms with Gasteiger partial charge in [0, 0.05) is 10.8 Å². The predicted molar refractivity (Wildman–Crippen MR) is 42.3 cm³/mol. The van der Waals surface area contributed by atoms with Crippen LogP contribution < -0.4 is 11.3 Å². The number of rotatable bonds is 1. The Morgan fingerprint density at radius 3 is 2.56 bits per heavy atom. The number of nitrogens with one attached hydrogen (secondary N) is 1. The van der Waals surface area contributed by atoms with Crippen LogP contribution in [0.25, 0.3) is 0 Å². The lowest BCUT2D eigenvalue weighted by molar-refractivity contribution is 0.452. The zero-order chi connectivity index (χ0) is 6.91. The first-order valence-corrected chi connectivity index (χ1v) is 4.25. The normalized spacial score (nSPS) is 33.0. The number of hydrazine groups is 1. The van der Waals surface area contributed by atoms with Crippen molar-refractivity contribution in [3.8, 4) is 0 Å². The summed E-state index contributed by atoms with van der Waals surface area (Å²) < 4.78 is 0.342. The molecule has 1 saturated heterocycles. The molecule has 54 valence electrons. The quantitative estimate of drug-likeness (QED) is 0.423. The summed E-state index contributed by atoms with van der Waals surface area (Å²) in [6.07, 6.45) is 1.20. The largest absolute Gasteiger partial charge is 0.271 e. The van der Waals surface area contributed by atoms with E-state index < -0.39 is 0 Å². The van der Waals surface area contributed by atoms with Gasteiger partial charge in [-0.25, -0.2) is 0 Å². The summed E-state index contributed by atoms with van der Waals surface area (Å²) in [7, 11) is 0. The van der Waals surface area contributed by atoms with Gasteiger partial charge >= 0.3 is 0 Å². The molecule has 1 fully saturated rings. The van der Waals surface area contributed by atoms with Gasteiger partial charge in [-0.1, -0.05) is 0 Å². The zero-order valence-corrected chi connectivity index (χ0v) is 6.79. The van der Waals surface area contributed by atoms with Gasteiger partial charge < -0.3 is 0 Å². The summed E-state index contributed by atoms with van der Waals surface area (Å²) in [6.45, 7) is 4.46. The molecule has 1 heterocycles. The van der Waals surface area contributed by atoms with Gasteiger partial charge in [-0.3, -0.25) is 11.3 Å². The minimum atomic E-state index is 0.342. The average molecular weight is 146 g/mol. The molecule has 0 spiro atoms. The van der Waals surface area contributed by atoms with E-state index in [9.17, 15) is 0 Å². The van der Waals surface area contributed by atoms with E-state index in [2.05, 4.69) is 19.3 Å². The Bertz CT molecular complexity index is 103. The lowest BCUT2D eigenvalue weighted by Gasteiger charge is -2.24. The summed E-state index contributed by atoms with van der Waals surface area (Å²) in [5.74, 6) is 6.58. The van der Waals surface area contributed by atoms with E-state index in [1.807, 2.05) is 11.8 Å². The fourth-order valence-corrected chi connectivity index (χ4v) is 2.44. The second-order valence-electron chi connectivity index (χ2n) is 2.96. The van der Waals surface area contributed by atoms with Crippen LogP contribution >= 0.6 is 11.8 Å². The maximum Gasteiger partial charge on any atom is 0.0360 e. The van der Waals surface area contributed by atoms with E-state index in [0.717, 1.165) is 0 Å². The second kappa shape index (κ2) is 2.48. The Balaban J connectivity index is 2.52. The number of nitrogens with two attached hydrogens (primary N) is 1. The smallest absolute Gasteiger partial charge is 0.0360 e. The molecule has 0 aromatic rings. The maximum atomic E-state index is 5.35. The summed E-state index contributed by atoms with van der Waals surface area (Å²) in [5.41, 5.74) is 2.83. The van der Waals surface area contributed by atoms with Crippen molar-refractivity contribution in [2.75, 3.05) is 5.75 Å². The molecule has 0 aliphatic carbocycles. The minimum Gasteiger partial charge on any atom is -0.271 e. The molecule has 0 amide bonds. The molecule has 0 aromatic carbocycles. The van der Waals surface area contributed by atoms with Gasteiger partial charge in [-0.2, -0.15) is 11.8 Å². The first-order valence-electron chi connectivity index (χ1n) is 3.27. The molecule has 0 bridgehead atoms. The Hall–Kier alpha value is 0.270. The highest BCUT2D eigenvalue weighted by Crippen LogP contribution is 2.36. The van der Waals surface area contributed by atoms with Gasteiger partial charge in [0.1, 0.15) is 0 Å². The van der Waals surface area contributed by atoms with Crippen molar-refractivity contribution in [3.05, 3.63) is 0 Å². The van der Waals surface area contributed by atoms with Crippen LogP contribution in [0.3, 0.4) is 0 Å². The first-order chi connectivity index (χ1) is 4.17. The van der Waals surface area contributed by atoms with Crippen LogP contribution in [0.5, 0.6) is 0 Å². The molecule has 3 heteroatoms. The Labute approximate surface area is 60.5 Å². The molecule has 3 N–H and O–H groups in total. The Morgan fingerprint density at radius 1 is 1.67 bits per heavy atom. The summed E-state index contributed by atoms with van der Waals surface area (Å²) in [6, 6.07) is 0.502. The van der Waals surface area contributed by atoms with Crippen molar-refractivity contribution >= 4 is 11.8 Å². The van der Waals surface area contributed by atoms with Crippen LogP contribution in [0.15, 0.2) is 0 Å². The molecule has 1 aliphatic heterocycles. The highest BCUT2D eigenvalue weighted by atomic mass is 32.2. The molecule has 1 atom stereocenters. The van der Waals surface area contributed by atoms with Crippen molar-refractivity contribution in [2.24, 2.45) is 5.84 Å². The van der Waals surface area contributed by atoms with Gasteiger partial charge in [0.15, 0.2) is 0 Å². The van der Waals surface area contributed by atoms with Gasteiger partial charge in [0.25, 0.3) is 0 Å². The van der Waals surface area contributed by atoms with Gasteiger partial charge in [-0.05, 0) is 26.0 Å². The van der Waals surface area contributed by atoms with Gasteiger partial charge in [-0.15, -0.1) is 0 Å². The van der Waals surface area contributed by atoms with Crippen molar-refractivity contribution in [2.45, 2.75) is 31.1 Å². The van der Waals surface area contributed by atoms with E-state index >= 15 is 0 Å². The fourth-order valence-electron chi connectivity index (χ4n) is 1.17. The van der Waals surface area contributed by atoms with Crippen molar-refractivity contribution in [1.82, 2.24) is 5.43 Å². The van der Waals surface area contributed by atoms with Crippen LogP contribution in [0, 0.1) is 0 Å². The minimum absolute atomic E-state index is 0.342. The standard InChI is InChI=1S/C6H14N2S/c1-6(2)5(8-7)3-4-9-6/h5,8H,3-4,7H2,1-2H3. The molecular formula is C6H14N2S. The topological polar surface area (TPSA) is 38.0 Å². The molecule has 0 saturated carbocycles. The SMILES string of the molecule is CC1(C)SCCC1NN. The van der Waals surface area contributed by atoms with Crippen LogP contribution in [0.1, 0.15) is 20.3 Å². The third-order valence-electron chi connectivity index (χ3n) is 1.92. The number of hydrogen-bond donors (Lipinski definition) is 2. The average Bonchev–Trinajstić information content (AvgIpc) is 2.08. The van der Waals surface area contributed by atoms with E-state index in [1.165, 1.54) is 12.2 Å². The van der Waals surface area contributed by atoms with E-state index in [1.54, 1.807) is 0 Å². The molecule has 1 unspecified atom stereocenters. The monoisotopic (exact) mass is 146 g/mol. The molecule has 2 nitrogen and oxygen atoms in total. The van der Waals surface area contributed by atoms with Crippen LogP contribution in [0.2, 0.25) is 0 Å². The summed E-state index contributed by atoms with van der Waals surface area (Å²) in [5, 5.41) is 0. The first kappa shape index (κ1) is 7.38. The van der Waals surface area contributed by atoms with Crippen molar-refractivity contribution < 1.29 is 0 Å². The zero-order valence-electron chi connectivity index (χ0n) is 5.98. The van der Waals surface area contributed by atoms with Gasteiger partial charge in [0.2, 0.25) is 0 Å². The number of hydrogen-bond acceptors (Lipinski definition) is 3. The molecule has 0 radical (unpaired) electrons. The number of thioether (sulfide) groups is 1. The van der Waals surface area contributed by atoms with Crippen LogP contribution in [-0.4, -0.2) is 16.5 Å². The van der Waals surface area contributed by atoms with Crippen LogP contribution in [0.4, 0.5) is 0 Å². The Kier molecular flexibility index (Phi) is 2.03. The lowest BCUT2D eigenvalue weighted by Crippen LogP contribution is -2.44. The van der Waals surface area contributed by atoms with Crippen LogP contribution in [-0.2, 0) is 0 Å². The molecule has 1 aliphatic rings. The molecule has 9 heavy (non-hydrogen) atoms. The Morgan fingerprint density at radius 2 is 2.33 bits per heavy atom. The fraction of sp³-hybridized carbons (Fsp3) is 1.00. The lowest BCUT2D eigenvalue weighted by atomic mass is 10.0. The van der Waals surface area contributed by atoms with Crippen molar-refractivity contribution in [3.63, 3.8) is 0 Å². The molecule has 1 rings (SSSR count). The summed E-state index contributed by atoms with van der Waals surface area (Å²) in [4.78, 5) is 0. The second-order valence-corrected chi connectivity index (χ2v) is 4.71. The highest BCUT2D eigenvalue weighted by Gasteiger charge is 2.34. The third kappa shape index (κ3) is 1.39.